The number of ether oxygens (including phenoxy) is 1. The molecule has 0 aromatic carbocycles. The van der Waals surface area contributed by atoms with Gasteiger partial charge in [-0.2, -0.15) is 0 Å². The summed E-state index contributed by atoms with van der Waals surface area (Å²) in [4.78, 5) is 13.1. The van der Waals surface area contributed by atoms with Gasteiger partial charge in [-0.3, -0.25) is 0 Å². The zero-order valence-corrected chi connectivity index (χ0v) is 27.5. The lowest BCUT2D eigenvalue weighted by Crippen LogP contribution is -2.27. The van der Waals surface area contributed by atoms with E-state index in [0.29, 0.717) is 6.61 Å². The second-order valence-electron chi connectivity index (χ2n) is 12.5. The molecular weight excluding hydrogens is 494 g/mol. The maximum Gasteiger partial charge on any atom is 0.119 e. The molecule has 0 spiro atoms. The van der Waals surface area contributed by atoms with Gasteiger partial charge < -0.3 is 19.5 Å². The first-order valence-electron chi connectivity index (χ1n) is 18.1. The molecule has 0 aliphatic carbocycles. The summed E-state index contributed by atoms with van der Waals surface area (Å²) in [6.45, 7) is 10.4. The summed E-state index contributed by atoms with van der Waals surface area (Å²) in [6, 6.07) is 0. The van der Waals surface area contributed by atoms with Crippen LogP contribution < -0.4 is 0 Å². The molecule has 0 heterocycles. The molecule has 0 saturated carbocycles. The van der Waals surface area contributed by atoms with Crippen LogP contribution in [0.5, 0.6) is 0 Å². The molecular formula is C36H73NO3. The van der Waals surface area contributed by atoms with E-state index in [-0.39, 0.29) is 0 Å². The fourth-order valence-corrected chi connectivity index (χ4v) is 5.76. The molecule has 40 heavy (non-hydrogen) atoms. The van der Waals surface area contributed by atoms with E-state index in [1.807, 2.05) is 0 Å². The number of hydrogen-bond acceptors (Lipinski definition) is 4. The molecule has 0 aromatic rings. The number of rotatable bonds is 35. The van der Waals surface area contributed by atoms with Crippen molar-refractivity contribution >= 4 is 6.29 Å². The fourth-order valence-electron chi connectivity index (χ4n) is 5.76. The van der Waals surface area contributed by atoms with E-state index in [9.17, 15) is 4.79 Å². The Morgan fingerprint density at radius 1 is 0.575 bits per heavy atom. The second kappa shape index (κ2) is 34.7. The third kappa shape index (κ3) is 30.5. The normalized spacial score (nSPS) is 12.4. The van der Waals surface area contributed by atoms with Gasteiger partial charge in [0.1, 0.15) is 6.29 Å². The SMILES string of the molecule is CCCCCCCCC(CCCCCC)COCCCCCCCCN(CCCCO)CCCCCCCC=O. The topological polar surface area (TPSA) is 49.8 Å². The Bertz CT molecular complexity index is 473. The van der Waals surface area contributed by atoms with Gasteiger partial charge >= 0.3 is 0 Å². The van der Waals surface area contributed by atoms with Crippen LogP contribution in [0.3, 0.4) is 0 Å². The summed E-state index contributed by atoms with van der Waals surface area (Å²) in [5.74, 6) is 0.783. The number of aliphatic hydroxyl groups excluding tert-OH is 1. The van der Waals surface area contributed by atoms with Crippen LogP contribution in [0.1, 0.15) is 181 Å². The van der Waals surface area contributed by atoms with Gasteiger partial charge in [0.25, 0.3) is 0 Å². The van der Waals surface area contributed by atoms with Crippen LogP contribution in [0, 0.1) is 5.92 Å². The van der Waals surface area contributed by atoms with Crippen LogP contribution in [-0.2, 0) is 9.53 Å². The summed E-state index contributed by atoms with van der Waals surface area (Å²) in [5, 5.41) is 9.14. The first-order chi connectivity index (χ1) is 19.8. The lowest BCUT2D eigenvalue weighted by Gasteiger charge is -2.22. The van der Waals surface area contributed by atoms with Crippen molar-refractivity contribution in [2.24, 2.45) is 5.92 Å². The minimum Gasteiger partial charge on any atom is -0.396 e. The van der Waals surface area contributed by atoms with Crippen molar-refractivity contribution < 1.29 is 14.6 Å². The van der Waals surface area contributed by atoms with Crippen molar-refractivity contribution in [3.8, 4) is 0 Å². The highest BCUT2D eigenvalue weighted by atomic mass is 16.5. The van der Waals surface area contributed by atoms with Gasteiger partial charge in [-0.25, -0.2) is 0 Å². The predicted octanol–water partition coefficient (Wildman–Crippen LogP) is 10.3. The van der Waals surface area contributed by atoms with Gasteiger partial charge in [0.15, 0.2) is 0 Å². The summed E-state index contributed by atoms with van der Waals surface area (Å²) in [7, 11) is 0. The summed E-state index contributed by atoms with van der Waals surface area (Å²) >= 11 is 0. The summed E-state index contributed by atoms with van der Waals surface area (Å²) in [6.07, 6.45) is 34.3. The van der Waals surface area contributed by atoms with Crippen molar-refractivity contribution in [1.29, 1.82) is 0 Å². The van der Waals surface area contributed by atoms with Crippen LogP contribution in [-0.4, -0.2) is 55.7 Å². The Hall–Kier alpha value is -0.450. The number of nitrogens with zero attached hydrogens (tertiary/aromatic N) is 1. The molecule has 0 radical (unpaired) electrons. The van der Waals surface area contributed by atoms with Gasteiger partial charge in [-0.1, -0.05) is 123 Å². The standard InChI is InChI=1S/C36H73NO3/c1-3-5-7-9-14-20-28-36(27-19-8-6-4-2)35-40-34-26-18-13-11-16-22-30-37(31-23-25-33-39)29-21-15-10-12-17-24-32-38/h32,36,39H,3-31,33-35H2,1-2H3. The van der Waals surface area contributed by atoms with Crippen molar-refractivity contribution in [3.63, 3.8) is 0 Å². The average molecular weight is 568 g/mol. The van der Waals surface area contributed by atoms with Gasteiger partial charge in [0, 0.05) is 26.2 Å². The van der Waals surface area contributed by atoms with Crippen LogP contribution in [0.15, 0.2) is 0 Å². The highest BCUT2D eigenvalue weighted by Gasteiger charge is 2.09. The first kappa shape index (κ1) is 39.5. The van der Waals surface area contributed by atoms with Gasteiger partial charge in [0.05, 0.1) is 0 Å². The number of unbranched alkanes of at least 4 members (excludes halogenated alkanes) is 19. The first-order valence-corrected chi connectivity index (χ1v) is 18.1. The summed E-state index contributed by atoms with van der Waals surface area (Å²) < 4.78 is 6.19. The molecule has 1 atom stereocenters. The van der Waals surface area contributed by atoms with Crippen LogP contribution >= 0.6 is 0 Å². The lowest BCUT2D eigenvalue weighted by atomic mass is 9.95. The molecule has 0 saturated heterocycles. The number of aliphatic hydroxyl groups is 1. The molecule has 1 unspecified atom stereocenters. The molecule has 0 fully saturated rings. The molecule has 0 aromatic heterocycles. The van der Waals surface area contributed by atoms with Crippen molar-refractivity contribution in [3.05, 3.63) is 0 Å². The predicted molar refractivity (Wildman–Crippen MR) is 175 cm³/mol. The number of carbonyl (C=O) groups is 1. The Labute approximate surface area is 251 Å². The number of aldehydes is 1. The fraction of sp³-hybridized carbons (Fsp3) is 0.972. The molecule has 0 aliphatic heterocycles. The largest absolute Gasteiger partial charge is 0.396 e. The van der Waals surface area contributed by atoms with E-state index in [4.69, 9.17) is 9.84 Å². The molecule has 240 valence electrons. The minimum absolute atomic E-state index is 0.313. The molecule has 0 rings (SSSR count). The summed E-state index contributed by atoms with van der Waals surface area (Å²) in [5.41, 5.74) is 0. The van der Waals surface area contributed by atoms with E-state index in [1.54, 1.807) is 0 Å². The lowest BCUT2D eigenvalue weighted by molar-refractivity contribution is -0.107. The monoisotopic (exact) mass is 568 g/mol. The van der Waals surface area contributed by atoms with Crippen molar-refractivity contribution in [1.82, 2.24) is 4.90 Å². The van der Waals surface area contributed by atoms with Crippen LogP contribution in [0.4, 0.5) is 0 Å². The number of carbonyl (C=O) groups excluding carboxylic acids is 1. The minimum atomic E-state index is 0.313. The van der Waals surface area contributed by atoms with Gasteiger partial charge in [-0.05, 0) is 76.9 Å². The van der Waals surface area contributed by atoms with Crippen LogP contribution in [0.25, 0.3) is 0 Å². The molecule has 4 heteroatoms. The molecule has 1 N–H and O–H groups in total. The van der Waals surface area contributed by atoms with E-state index in [1.165, 1.54) is 154 Å². The van der Waals surface area contributed by atoms with Gasteiger partial charge in [0.2, 0.25) is 0 Å². The Morgan fingerprint density at radius 2 is 1.02 bits per heavy atom. The zero-order chi connectivity index (χ0) is 29.2. The van der Waals surface area contributed by atoms with E-state index in [0.717, 1.165) is 57.6 Å². The molecule has 0 amide bonds. The maximum atomic E-state index is 10.4. The van der Waals surface area contributed by atoms with Crippen molar-refractivity contribution in [2.75, 3.05) is 39.5 Å². The maximum absolute atomic E-state index is 10.4. The highest BCUT2D eigenvalue weighted by Crippen LogP contribution is 2.20. The number of hydrogen-bond donors (Lipinski definition) is 1. The molecule has 0 bridgehead atoms. The quantitative estimate of drug-likeness (QED) is 0.0611. The third-order valence-corrected chi connectivity index (χ3v) is 8.48. The van der Waals surface area contributed by atoms with Gasteiger partial charge in [-0.15, -0.1) is 0 Å². The van der Waals surface area contributed by atoms with E-state index in [2.05, 4.69) is 18.7 Å². The second-order valence-corrected chi connectivity index (χ2v) is 12.5. The smallest absolute Gasteiger partial charge is 0.119 e. The zero-order valence-electron chi connectivity index (χ0n) is 27.5. The van der Waals surface area contributed by atoms with E-state index >= 15 is 0 Å². The van der Waals surface area contributed by atoms with Crippen LogP contribution in [0.2, 0.25) is 0 Å². The third-order valence-electron chi connectivity index (χ3n) is 8.48. The van der Waals surface area contributed by atoms with E-state index < -0.39 is 0 Å². The molecule has 0 aliphatic rings. The Kier molecular flexibility index (Phi) is 34.4. The Balaban J connectivity index is 3.89. The van der Waals surface area contributed by atoms with Crippen molar-refractivity contribution in [2.45, 2.75) is 181 Å². The molecule has 4 nitrogen and oxygen atoms in total. The average Bonchev–Trinajstić information content (AvgIpc) is 2.96. The highest BCUT2D eigenvalue weighted by molar-refractivity contribution is 5.48. The Morgan fingerprint density at radius 3 is 1.57 bits per heavy atom.